The lowest BCUT2D eigenvalue weighted by atomic mass is 10.3. The first-order valence-electron chi connectivity index (χ1n) is 7.99. The monoisotopic (exact) mass is 429 g/mol. The molecule has 0 aliphatic heterocycles. The first kappa shape index (κ1) is 21.4. The van der Waals surface area contributed by atoms with E-state index in [-0.39, 0.29) is 22.2 Å². The largest absolute Gasteiger partial charge is 0.495 e. The quantitative estimate of drug-likeness (QED) is 0.469. The Morgan fingerprint density at radius 1 is 1.19 bits per heavy atom. The highest BCUT2D eigenvalue weighted by molar-refractivity contribution is 7.98. The Balaban J connectivity index is 2.50. The van der Waals surface area contributed by atoms with Crippen LogP contribution in [0, 0.1) is 0 Å². The Morgan fingerprint density at radius 2 is 1.85 bits per heavy atom. The number of ether oxygens (including phenoxy) is 2. The number of halogens is 1. The van der Waals surface area contributed by atoms with E-state index in [1.165, 1.54) is 43.1 Å². The predicted molar refractivity (Wildman–Crippen MR) is 107 cm³/mol. The van der Waals surface area contributed by atoms with Gasteiger partial charge in [0, 0.05) is 4.90 Å². The summed E-state index contributed by atoms with van der Waals surface area (Å²) in [5, 5.41) is 0.233. The van der Waals surface area contributed by atoms with Gasteiger partial charge in [0.2, 0.25) is 0 Å². The first-order valence-corrected chi connectivity index (χ1v) is 11.0. The number of hydrogen-bond acceptors (Lipinski definition) is 6. The number of methoxy groups -OCH3 is 1. The van der Waals surface area contributed by atoms with Gasteiger partial charge in [0.05, 0.1) is 29.3 Å². The Kier molecular flexibility index (Phi) is 7.41. The zero-order valence-electron chi connectivity index (χ0n) is 15.1. The van der Waals surface area contributed by atoms with E-state index in [2.05, 4.69) is 0 Å². The van der Waals surface area contributed by atoms with Crippen molar-refractivity contribution in [2.75, 3.05) is 30.8 Å². The van der Waals surface area contributed by atoms with Crippen molar-refractivity contribution in [2.45, 2.75) is 16.7 Å². The Hall–Kier alpha value is -1.90. The summed E-state index contributed by atoms with van der Waals surface area (Å²) in [5.74, 6) is -0.257. The standard InChI is InChI=1S/C18H20ClNO5S2/c1-4-25-18(21)12-20(13-5-10-17(24-2)16(19)11-13)27(22,23)15-8-6-14(26-3)7-9-15/h5-11H,4,12H2,1-3H3. The number of nitrogens with zero attached hydrogens (tertiary/aromatic N) is 1. The fraction of sp³-hybridized carbons (Fsp3) is 0.278. The molecular formula is C18H20ClNO5S2. The highest BCUT2D eigenvalue weighted by Crippen LogP contribution is 2.32. The van der Waals surface area contributed by atoms with Gasteiger partial charge in [-0.05, 0) is 55.6 Å². The molecule has 0 aliphatic carbocycles. The number of benzene rings is 2. The second-order valence-electron chi connectivity index (χ2n) is 5.31. The number of rotatable bonds is 8. The van der Waals surface area contributed by atoms with Gasteiger partial charge in [-0.15, -0.1) is 11.8 Å². The van der Waals surface area contributed by atoms with E-state index in [9.17, 15) is 13.2 Å². The summed E-state index contributed by atoms with van der Waals surface area (Å²) in [6.45, 7) is 1.34. The van der Waals surface area contributed by atoms with Crippen molar-refractivity contribution in [3.05, 3.63) is 47.5 Å². The van der Waals surface area contributed by atoms with E-state index < -0.39 is 22.5 Å². The lowest BCUT2D eigenvalue weighted by Crippen LogP contribution is -2.36. The lowest BCUT2D eigenvalue weighted by molar-refractivity contribution is -0.141. The molecule has 9 heteroatoms. The molecule has 0 fully saturated rings. The summed E-state index contributed by atoms with van der Waals surface area (Å²) >= 11 is 7.64. The maximum absolute atomic E-state index is 13.2. The number of thioether (sulfide) groups is 1. The minimum absolute atomic E-state index is 0.0662. The Labute approximate surface area is 168 Å². The van der Waals surface area contributed by atoms with Crippen molar-refractivity contribution < 1.29 is 22.7 Å². The minimum atomic E-state index is -4.01. The topological polar surface area (TPSA) is 72.9 Å². The summed E-state index contributed by atoms with van der Waals surface area (Å²) in [4.78, 5) is 13.0. The fourth-order valence-electron chi connectivity index (χ4n) is 2.32. The highest BCUT2D eigenvalue weighted by Gasteiger charge is 2.28. The van der Waals surface area contributed by atoms with Crippen molar-refractivity contribution in [3.63, 3.8) is 0 Å². The summed E-state index contributed by atoms with van der Waals surface area (Å²) in [5.41, 5.74) is 0.239. The van der Waals surface area contributed by atoms with Gasteiger partial charge in [0.15, 0.2) is 0 Å². The van der Waals surface area contributed by atoms with E-state index in [0.29, 0.717) is 5.75 Å². The van der Waals surface area contributed by atoms with Gasteiger partial charge >= 0.3 is 5.97 Å². The third-order valence-electron chi connectivity index (χ3n) is 3.65. The van der Waals surface area contributed by atoms with Gasteiger partial charge in [-0.25, -0.2) is 8.42 Å². The van der Waals surface area contributed by atoms with E-state index in [0.717, 1.165) is 9.20 Å². The molecule has 6 nitrogen and oxygen atoms in total. The molecule has 0 spiro atoms. The average molecular weight is 430 g/mol. The van der Waals surface area contributed by atoms with Gasteiger partial charge in [-0.1, -0.05) is 11.6 Å². The normalized spacial score (nSPS) is 11.1. The maximum Gasteiger partial charge on any atom is 0.326 e. The molecule has 0 radical (unpaired) electrons. The van der Waals surface area contributed by atoms with Crippen LogP contribution in [-0.4, -0.2) is 40.9 Å². The average Bonchev–Trinajstić information content (AvgIpc) is 2.66. The van der Waals surface area contributed by atoms with Gasteiger partial charge in [-0.3, -0.25) is 9.10 Å². The molecule has 0 amide bonds. The van der Waals surface area contributed by atoms with Crippen LogP contribution in [0.3, 0.4) is 0 Å². The predicted octanol–water partition coefficient (Wildman–Crippen LogP) is 3.83. The van der Waals surface area contributed by atoms with Crippen LogP contribution < -0.4 is 9.04 Å². The van der Waals surface area contributed by atoms with Gasteiger partial charge < -0.3 is 9.47 Å². The van der Waals surface area contributed by atoms with Crippen LogP contribution in [0.2, 0.25) is 5.02 Å². The molecule has 0 bridgehead atoms. The summed E-state index contributed by atoms with van der Waals surface area (Å²) in [6.07, 6.45) is 1.90. The molecule has 0 saturated heterocycles. The number of carbonyl (C=O) groups excluding carboxylic acids is 1. The SMILES string of the molecule is CCOC(=O)CN(c1ccc(OC)c(Cl)c1)S(=O)(=O)c1ccc(SC)cc1. The molecule has 2 aromatic rings. The van der Waals surface area contributed by atoms with Crippen LogP contribution in [0.5, 0.6) is 5.75 Å². The molecule has 0 aliphatic rings. The van der Waals surface area contributed by atoms with Crippen LogP contribution in [0.1, 0.15) is 6.92 Å². The van der Waals surface area contributed by atoms with Gasteiger partial charge in [-0.2, -0.15) is 0 Å². The second-order valence-corrected chi connectivity index (χ2v) is 8.46. The van der Waals surface area contributed by atoms with Crippen LogP contribution in [0.15, 0.2) is 52.3 Å². The van der Waals surface area contributed by atoms with Crippen LogP contribution in [-0.2, 0) is 19.6 Å². The van der Waals surface area contributed by atoms with Crippen molar-refractivity contribution in [2.24, 2.45) is 0 Å². The highest BCUT2D eigenvalue weighted by atomic mass is 35.5. The molecular weight excluding hydrogens is 410 g/mol. The molecule has 0 saturated carbocycles. The van der Waals surface area contributed by atoms with Crippen molar-refractivity contribution in [3.8, 4) is 5.75 Å². The molecule has 0 heterocycles. The molecule has 0 aromatic heterocycles. The first-order chi connectivity index (χ1) is 12.8. The summed E-state index contributed by atoms with van der Waals surface area (Å²) in [7, 11) is -2.55. The van der Waals surface area contributed by atoms with Crippen LogP contribution >= 0.6 is 23.4 Å². The fourth-order valence-corrected chi connectivity index (χ4v) is 4.39. The van der Waals surface area contributed by atoms with E-state index in [4.69, 9.17) is 21.1 Å². The van der Waals surface area contributed by atoms with Crippen molar-refractivity contribution >= 4 is 45.0 Å². The number of hydrogen-bond donors (Lipinski definition) is 0. The minimum Gasteiger partial charge on any atom is -0.495 e. The third kappa shape index (κ3) is 5.09. The third-order valence-corrected chi connectivity index (χ3v) is 6.48. The van der Waals surface area contributed by atoms with Crippen LogP contribution in [0.4, 0.5) is 5.69 Å². The smallest absolute Gasteiger partial charge is 0.326 e. The molecule has 0 unspecified atom stereocenters. The number of carbonyl (C=O) groups is 1. The second kappa shape index (κ2) is 9.34. The summed E-state index contributed by atoms with van der Waals surface area (Å²) < 4.78 is 37.4. The van der Waals surface area contributed by atoms with E-state index >= 15 is 0 Å². The molecule has 2 rings (SSSR count). The molecule has 0 N–H and O–H groups in total. The van der Waals surface area contributed by atoms with Crippen molar-refractivity contribution in [1.82, 2.24) is 0 Å². The molecule has 146 valence electrons. The zero-order valence-corrected chi connectivity index (χ0v) is 17.5. The maximum atomic E-state index is 13.2. The van der Waals surface area contributed by atoms with Gasteiger partial charge in [0.1, 0.15) is 12.3 Å². The summed E-state index contributed by atoms with van der Waals surface area (Å²) in [6, 6.07) is 10.9. The zero-order chi connectivity index (χ0) is 20.0. The van der Waals surface area contributed by atoms with E-state index in [1.807, 2.05) is 6.26 Å². The van der Waals surface area contributed by atoms with E-state index in [1.54, 1.807) is 25.1 Å². The molecule has 27 heavy (non-hydrogen) atoms. The van der Waals surface area contributed by atoms with Crippen molar-refractivity contribution in [1.29, 1.82) is 0 Å². The Bertz CT molecular complexity index is 900. The Morgan fingerprint density at radius 3 is 2.37 bits per heavy atom. The van der Waals surface area contributed by atoms with Crippen LogP contribution in [0.25, 0.3) is 0 Å². The molecule has 2 aromatic carbocycles. The number of sulfonamides is 1. The number of esters is 1. The lowest BCUT2D eigenvalue weighted by Gasteiger charge is -2.24. The molecule has 0 atom stereocenters. The van der Waals surface area contributed by atoms with Gasteiger partial charge in [0.25, 0.3) is 10.0 Å². The number of anilines is 1.